The molecule has 0 saturated carbocycles. The van der Waals surface area contributed by atoms with Crippen LogP contribution in [-0.4, -0.2) is 28.6 Å². The Morgan fingerprint density at radius 2 is 2.25 bits per heavy atom. The normalized spacial score (nSPS) is 11.9. The molecule has 6 nitrogen and oxygen atoms in total. The Morgan fingerprint density at radius 1 is 1.55 bits per heavy atom. The van der Waals surface area contributed by atoms with E-state index < -0.39 is 4.92 Å². The summed E-state index contributed by atoms with van der Waals surface area (Å²) in [5, 5.41) is 22.4. The summed E-state index contributed by atoms with van der Waals surface area (Å²) < 4.78 is 0. The van der Waals surface area contributed by atoms with Gasteiger partial charge >= 0.3 is 0 Å². The molecule has 0 heterocycles. The van der Waals surface area contributed by atoms with Crippen LogP contribution in [0, 0.1) is 10.1 Å². The highest BCUT2D eigenvalue weighted by molar-refractivity contribution is 6.31. The average Bonchev–Trinajstić information content (AvgIpc) is 2.40. The lowest BCUT2D eigenvalue weighted by Gasteiger charge is -2.15. The number of hydrogen-bond acceptors (Lipinski definition) is 4. The molecule has 0 aliphatic heterocycles. The third-order valence-electron chi connectivity index (χ3n) is 2.93. The molecule has 0 radical (unpaired) electrons. The first-order chi connectivity index (χ1) is 9.47. The van der Waals surface area contributed by atoms with Crippen LogP contribution in [-0.2, 0) is 11.2 Å². The van der Waals surface area contributed by atoms with E-state index in [0.29, 0.717) is 12.0 Å². The number of carbonyl (C=O) groups is 1. The third-order valence-corrected chi connectivity index (χ3v) is 3.29. The molecule has 0 fully saturated rings. The summed E-state index contributed by atoms with van der Waals surface area (Å²) in [6, 6.07) is 3.95. The third kappa shape index (κ3) is 4.79. The summed E-state index contributed by atoms with van der Waals surface area (Å²) in [6.45, 7) is 1.93. The standard InChI is InChI=1S/C13H17ClN2O4/c1-2-10(5-6-17)15-13(18)7-9-3-4-11(16(19)20)8-12(9)14/h3-4,8,10,17H,2,5-7H2,1H3,(H,15,18). The van der Waals surface area contributed by atoms with Crippen molar-refractivity contribution in [1.29, 1.82) is 0 Å². The Labute approximate surface area is 121 Å². The van der Waals surface area contributed by atoms with Crippen molar-refractivity contribution in [3.8, 4) is 0 Å². The first-order valence-corrected chi connectivity index (χ1v) is 6.68. The molecule has 0 saturated heterocycles. The zero-order chi connectivity index (χ0) is 15.1. The summed E-state index contributed by atoms with van der Waals surface area (Å²) >= 11 is 5.92. The first kappa shape index (κ1) is 16.4. The van der Waals surface area contributed by atoms with Gasteiger partial charge in [-0.25, -0.2) is 0 Å². The molecule has 0 bridgehead atoms. The predicted octanol–water partition coefficient (Wildman–Crippen LogP) is 2.07. The number of non-ortho nitro benzene ring substituents is 1. The van der Waals surface area contributed by atoms with Crippen molar-refractivity contribution in [3.05, 3.63) is 38.9 Å². The smallest absolute Gasteiger partial charge is 0.270 e. The van der Waals surface area contributed by atoms with Crippen molar-refractivity contribution in [1.82, 2.24) is 5.32 Å². The lowest BCUT2D eigenvalue weighted by molar-refractivity contribution is -0.384. The quantitative estimate of drug-likeness (QED) is 0.595. The SMILES string of the molecule is CCC(CCO)NC(=O)Cc1ccc([N+](=O)[O-])cc1Cl. The van der Waals surface area contributed by atoms with Gasteiger partial charge in [0.1, 0.15) is 0 Å². The maximum absolute atomic E-state index is 11.8. The van der Waals surface area contributed by atoms with Gasteiger partial charge in [-0.15, -0.1) is 0 Å². The molecule has 20 heavy (non-hydrogen) atoms. The molecule has 1 unspecified atom stereocenters. The van der Waals surface area contributed by atoms with E-state index in [2.05, 4.69) is 5.32 Å². The van der Waals surface area contributed by atoms with Gasteiger partial charge < -0.3 is 10.4 Å². The molecule has 2 N–H and O–H groups in total. The van der Waals surface area contributed by atoms with Gasteiger partial charge in [0.25, 0.3) is 5.69 Å². The number of hydrogen-bond donors (Lipinski definition) is 2. The zero-order valence-corrected chi connectivity index (χ0v) is 11.9. The number of nitro groups is 1. The Bertz CT molecular complexity index is 493. The molecule has 1 atom stereocenters. The van der Waals surface area contributed by atoms with Crippen molar-refractivity contribution >= 4 is 23.2 Å². The minimum Gasteiger partial charge on any atom is -0.396 e. The van der Waals surface area contributed by atoms with E-state index in [1.54, 1.807) is 0 Å². The van der Waals surface area contributed by atoms with Gasteiger partial charge in [0.15, 0.2) is 0 Å². The molecular weight excluding hydrogens is 284 g/mol. The number of carbonyl (C=O) groups excluding carboxylic acids is 1. The van der Waals surface area contributed by atoms with E-state index >= 15 is 0 Å². The molecule has 1 aromatic rings. The minimum absolute atomic E-state index is 0.0110. The van der Waals surface area contributed by atoms with Gasteiger partial charge in [-0.05, 0) is 18.4 Å². The van der Waals surface area contributed by atoms with Crippen LogP contribution in [0.15, 0.2) is 18.2 Å². The molecule has 1 rings (SSSR count). The van der Waals surface area contributed by atoms with Crippen LogP contribution in [0.2, 0.25) is 5.02 Å². The van der Waals surface area contributed by atoms with Crippen LogP contribution in [0.3, 0.4) is 0 Å². The zero-order valence-electron chi connectivity index (χ0n) is 11.1. The highest BCUT2D eigenvalue weighted by atomic mass is 35.5. The van der Waals surface area contributed by atoms with Crippen LogP contribution in [0.5, 0.6) is 0 Å². The second-order valence-corrected chi connectivity index (χ2v) is 4.80. The fraction of sp³-hybridized carbons (Fsp3) is 0.462. The van der Waals surface area contributed by atoms with Gasteiger partial charge in [-0.1, -0.05) is 24.6 Å². The highest BCUT2D eigenvalue weighted by Crippen LogP contribution is 2.22. The van der Waals surface area contributed by atoms with E-state index in [4.69, 9.17) is 16.7 Å². The number of nitro benzene ring substituents is 1. The average molecular weight is 301 g/mol. The van der Waals surface area contributed by atoms with Crippen molar-refractivity contribution in [2.24, 2.45) is 0 Å². The van der Waals surface area contributed by atoms with E-state index in [9.17, 15) is 14.9 Å². The predicted molar refractivity (Wildman–Crippen MR) is 75.7 cm³/mol. The summed E-state index contributed by atoms with van der Waals surface area (Å²) in [6.07, 6.45) is 1.27. The van der Waals surface area contributed by atoms with Gasteiger partial charge in [-0.3, -0.25) is 14.9 Å². The Balaban J connectivity index is 2.68. The topological polar surface area (TPSA) is 92.5 Å². The summed E-state index contributed by atoms with van der Waals surface area (Å²) in [7, 11) is 0. The van der Waals surface area contributed by atoms with E-state index in [1.165, 1.54) is 18.2 Å². The molecule has 1 amide bonds. The molecule has 7 heteroatoms. The Morgan fingerprint density at radius 3 is 2.75 bits per heavy atom. The number of aliphatic hydroxyl groups excluding tert-OH is 1. The lowest BCUT2D eigenvalue weighted by atomic mass is 10.1. The Hall–Kier alpha value is -1.66. The number of rotatable bonds is 7. The second kappa shape index (κ2) is 7.81. The second-order valence-electron chi connectivity index (χ2n) is 4.39. The number of amides is 1. The number of nitrogens with one attached hydrogen (secondary N) is 1. The highest BCUT2D eigenvalue weighted by Gasteiger charge is 2.14. The molecule has 1 aromatic carbocycles. The van der Waals surface area contributed by atoms with Crippen LogP contribution in [0.1, 0.15) is 25.3 Å². The fourth-order valence-corrected chi connectivity index (χ4v) is 2.02. The van der Waals surface area contributed by atoms with Gasteiger partial charge in [-0.2, -0.15) is 0 Å². The fourth-order valence-electron chi connectivity index (χ4n) is 1.78. The molecule has 110 valence electrons. The molecule has 0 aliphatic carbocycles. The van der Waals surface area contributed by atoms with Crippen LogP contribution >= 0.6 is 11.6 Å². The van der Waals surface area contributed by atoms with Crippen molar-refractivity contribution in [3.63, 3.8) is 0 Å². The van der Waals surface area contributed by atoms with Gasteiger partial charge in [0.05, 0.1) is 16.4 Å². The Kier molecular flexibility index (Phi) is 6.41. The van der Waals surface area contributed by atoms with Crippen LogP contribution < -0.4 is 5.32 Å². The summed E-state index contributed by atoms with van der Waals surface area (Å²) in [5.41, 5.74) is 0.430. The van der Waals surface area contributed by atoms with Crippen molar-refractivity contribution < 1.29 is 14.8 Å². The maximum atomic E-state index is 11.8. The number of benzene rings is 1. The largest absolute Gasteiger partial charge is 0.396 e. The molecule has 0 spiro atoms. The molecule has 0 aliphatic rings. The monoisotopic (exact) mass is 300 g/mol. The molecular formula is C13H17ClN2O4. The summed E-state index contributed by atoms with van der Waals surface area (Å²) in [4.78, 5) is 21.9. The van der Waals surface area contributed by atoms with Crippen LogP contribution in [0.25, 0.3) is 0 Å². The van der Waals surface area contributed by atoms with Crippen molar-refractivity contribution in [2.45, 2.75) is 32.2 Å². The van der Waals surface area contributed by atoms with Crippen LogP contribution in [0.4, 0.5) is 5.69 Å². The van der Waals surface area contributed by atoms with E-state index in [-0.39, 0.29) is 35.7 Å². The van der Waals surface area contributed by atoms with Gasteiger partial charge in [0, 0.05) is 24.8 Å². The molecule has 0 aromatic heterocycles. The lowest BCUT2D eigenvalue weighted by Crippen LogP contribution is -2.36. The number of aliphatic hydroxyl groups is 1. The minimum atomic E-state index is -0.538. The summed E-state index contributed by atoms with van der Waals surface area (Å²) in [5.74, 6) is -0.221. The van der Waals surface area contributed by atoms with E-state index in [1.807, 2.05) is 6.92 Å². The number of halogens is 1. The van der Waals surface area contributed by atoms with Gasteiger partial charge in [0.2, 0.25) is 5.91 Å². The number of nitrogens with zero attached hydrogens (tertiary/aromatic N) is 1. The first-order valence-electron chi connectivity index (χ1n) is 6.31. The van der Waals surface area contributed by atoms with Crippen molar-refractivity contribution in [2.75, 3.05) is 6.61 Å². The maximum Gasteiger partial charge on any atom is 0.270 e. The van der Waals surface area contributed by atoms with E-state index in [0.717, 1.165) is 6.42 Å².